The fourth-order valence-electron chi connectivity index (χ4n) is 4.10. The van der Waals surface area contributed by atoms with E-state index in [2.05, 4.69) is 157 Å². The fourth-order valence-corrected chi connectivity index (χ4v) is 4.10. The molecule has 9 nitrogen and oxygen atoms in total. The molecule has 5 heterocycles. The largest absolute Gasteiger partial charge is 0.276 e. The van der Waals surface area contributed by atoms with E-state index < -0.39 is 0 Å². The molecule has 5 rings (SSSR count). The molecule has 0 N–H and O–H groups in total. The van der Waals surface area contributed by atoms with Crippen LogP contribution in [0.5, 0.6) is 0 Å². The van der Waals surface area contributed by atoms with Crippen molar-refractivity contribution in [1.29, 1.82) is 0 Å². The van der Waals surface area contributed by atoms with E-state index in [1.165, 1.54) is 5.69 Å². The van der Waals surface area contributed by atoms with Crippen LogP contribution in [0.15, 0.2) is 86.0 Å². The van der Waals surface area contributed by atoms with Gasteiger partial charge in [-0.3, -0.25) is 24.3 Å². The summed E-state index contributed by atoms with van der Waals surface area (Å²) >= 11 is 0. The van der Waals surface area contributed by atoms with Crippen LogP contribution in [0.1, 0.15) is 181 Å². The number of aromatic nitrogens is 9. The zero-order valence-corrected chi connectivity index (χ0v) is 40.1. The van der Waals surface area contributed by atoms with Crippen molar-refractivity contribution in [2.45, 2.75) is 180 Å². The summed E-state index contributed by atoms with van der Waals surface area (Å²) in [5.74, 6) is 0.898. The Balaban J connectivity index is -0.000000296. The number of hydrogen-bond acceptors (Lipinski definition) is 7. The first-order chi connectivity index (χ1) is 25.8. The maximum absolute atomic E-state index is 4.30. The fraction of sp³-hybridized carbons (Fsp3) is 0.604. The Morgan fingerprint density at radius 1 is 0.439 bits per heavy atom. The summed E-state index contributed by atoms with van der Waals surface area (Å²) in [5, 5.41) is 8.40. The first kappa shape index (κ1) is 59.4. The van der Waals surface area contributed by atoms with Crippen molar-refractivity contribution >= 4 is 0 Å². The van der Waals surface area contributed by atoms with Gasteiger partial charge in [0.2, 0.25) is 0 Å². The van der Waals surface area contributed by atoms with E-state index >= 15 is 0 Å². The average molecular weight is 790 g/mol. The van der Waals surface area contributed by atoms with Crippen LogP contribution in [0.25, 0.3) is 0 Å². The van der Waals surface area contributed by atoms with Gasteiger partial charge in [-0.05, 0) is 30.3 Å². The lowest BCUT2D eigenvalue weighted by Crippen LogP contribution is -2.16. The molecule has 0 atom stereocenters. The summed E-state index contributed by atoms with van der Waals surface area (Å²) in [6.07, 6.45) is 14.4. The van der Waals surface area contributed by atoms with Crippen LogP contribution in [-0.2, 0) is 41.2 Å². The normalized spacial score (nSPS) is 10.6. The maximum atomic E-state index is 4.30. The molecule has 0 saturated heterocycles. The van der Waals surface area contributed by atoms with Gasteiger partial charge in [0, 0.05) is 102 Å². The Morgan fingerprint density at radius 2 is 0.912 bits per heavy atom. The Kier molecular flexibility index (Phi) is 30.3. The Bertz CT molecular complexity index is 1490. The summed E-state index contributed by atoms with van der Waals surface area (Å²) in [4.78, 5) is 20.7. The van der Waals surface area contributed by atoms with Crippen molar-refractivity contribution in [2.24, 2.45) is 14.1 Å². The van der Waals surface area contributed by atoms with Gasteiger partial charge >= 0.3 is 0 Å². The van der Waals surface area contributed by atoms with E-state index in [1.54, 1.807) is 31.0 Å². The molecule has 0 aliphatic heterocycles. The predicted octanol–water partition coefficient (Wildman–Crippen LogP) is 13.1. The van der Waals surface area contributed by atoms with Gasteiger partial charge in [-0.1, -0.05) is 159 Å². The van der Waals surface area contributed by atoms with Gasteiger partial charge < -0.3 is 0 Å². The molecule has 0 fully saturated rings. The topological polar surface area (TPSA) is 100 Å². The SMILES string of the molecule is C.CC.CC.CC.CC(C)(C)c1ccccn1.CC(C)(C)c1cnccn1.CC(C)(C)c1ncccn1.Cn1ccc(C(C)(C)C)n1.Cn1nccc1C(C)(C)C. The molecule has 0 radical (unpaired) electrons. The van der Waals surface area contributed by atoms with Crippen molar-refractivity contribution in [3.05, 3.63) is 115 Å². The van der Waals surface area contributed by atoms with E-state index in [1.807, 2.05) is 102 Å². The monoisotopic (exact) mass is 790 g/mol. The van der Waals surface area contributed by atoms with Crippen molar-refractivity contribution in [2.75, 3.05) is 0 Å². The lowest BCUT2D eigenvalue weighted by molar-refractivity contribution is 0.523. The van der Waals surface area contributed by atoms with Gasteiger partial charge in [-0.25, -0.2) is 9.97 Å². The molecular weight excluding hydrogens is 703 g/mol. The molecule has 9 heteroatoms. The maximum Gasteiger partial charge on any atom is 0.133 e. The first-order valence-corrected chi connectivity index (χ1v) is 20.3. The predicted molar refractivity (Wildman–Crippen MR) is 249 cm³/mol. The molecule has 0 aromatic carbocycles. The number of aryl methyl sites for hydroxylation is 2. The lowest BCUT2D eigenvalue weighted by atomic mass is 9.92. The van der Waals surface area contributed by atoms with Crippen LogP contribution < -0.4 is 0 Å². The highest BCUT2D eigenvalue weighted by molar-refractivity contribution is 5.13. The smallest absolute Gasteiger partial charge is 0.133 e. The van der Waals surface area contributed by atoms with E-state index in [-0.39, 0.29) is 34.5 Å². The molecule has 0 unspecified atom stereocenters. The zero-order chi connectivity index (χ0) is 44.4. The van der Waals surface area contributed by atoms with Crippen molar-refractivity contribution < 1.29 is 0 Å². The van der Waals surface area contributed by atoms with Gasteiger partial charge in [-0.2, -0.15) is 10.2 Å². The van der Waals surface area contributed by atoms with E-state index in [9.17, 15) is 0 Å². The molecule has 0 aliphatic rings. The summed E-state index contributed by atoms with van der Waals surface area (Å²) in [6, 6.07) is 12.0. The second-order valence-electron chi connectivity index (χ2n) is 17.3. The molecule has 0 bridgehead atoms. The molecule has 5 aromatic heterocycles. The number of hydrogen-bond donors (Lipinski definition) is 0. The van der Waals surface area contributed by atoms with Crippen LogP contribution >= 0.6 is 0 Å². The average Bonchev–Trinajstić information content (AvgIpc) is 3.81. The number of nitrogens with zero attached hydrogens (tertiary/aromatic N) is 9. The zero-order valence-electron chi connectivity index (χ0n) is 40.1. The highest BCUT2D eigenvalue weighted by atomic mass is 15.3. The molecule has 5 aromatic rings. The highest BCUT2D eigenvalue weighted by Gasteiger charge is 2.18. The molecule has 324 valence electrons. The van der Waals surface area contributed by atoms with E-state index in [4.69, 9.17) is 0 Å². The van der Waals surface area contributed by atoms with Crippen LogP contribution in [-0.4, -0.2) is 44.5 Å². The summed E-state index contributed by atoms with van der Waals surface area (Å²) in [6.45, 7) is 44.2. The number of rotatable bonds is 0. The van der Waals surface area contributed by atoms with Crippen molar-refractivity contribution in [3.8, 4) is 0 Å². The first-order valence-electron chi connectivity index (χ1n) is 20.3. The summed E-state index contributed by atoms with van der Waals surface area (Å²) in [5.41, 5.74) is 5.37. The molecular formula is C48H87N9. The van der Waals surface area contributed by atoms with Crippen LogP contribution in [0.4, 0.5) is 0 Å². The second kappa shape index (κ2) is 29.0. The lowest BCUT2D eigenvalue weighted by Gasteiger charge is -2.17. The van der Waals surface area contributed by atoms with Gasteiger partial charge in [0.25, 0.3) is 0 Å². The minimum absolute atomic E-state index is 0. The quantitative estimate of drug-likeness (QED) is 0.154. The van der Waals surface area contributed by atoms with Crippen LogP contribution in [0.2, 0.25) is 0 Å². The summed E-state index contributed by atoms with van der Waals surface area (Å²) < 4.78 is 3.75. The summed E-state index contributed by atoms with van der Waals surface area (Å²) in [7, 11) is 3.91. The standard InChI is InChI=1S/C9H13N.2C8H14N2.2C8H12N2.3C2H6.CH4/c1-9(2,3)8-6-4-5-7-10-8;1-8(2,3)7-5-6-10(4)9-7;1-8(2,3)7-5-6-9-10(7)4;1-8(2,3)7-6-9-4-5-10-7;1-8(2,3)7-9-5-4-6-10-7;3*1-2;/h4-7H,1-3H3;2*5-6H,1-4H3;2*4-6H,1-3H3;3*1-2H3;1H4. The van der Waals surface area contributed by atoms with Crippen LogP contribution in [0.3, 0.4) is 0 Å². The van der Waals surface area contributed by atoms with Gasteiger partial charge in [-0.15, -0.1) is 0 Å². The third-order valence-corrected chi connectivity index (χ3v) is 7.07. The highest BCUT2D eigenvalue weighted by Crippen LogP contribution is 2.21. The molecule has 0 saturated carbocycles. The molecule has 0 spiro atoms. The van der Waals surface area contributed by atoms with E-state index in [0.29, 0.717) is 0 Å². The minimum Gasteiger partial charge on any atom is -0.276 e. The third-order valence-electron chi connectivity index (χ3n) is 7.07. The van der Waals surface area contributed by atoms with Crippen molar-refractivity contribution in [3.63, 3.8) is 0 Å². The van der Waals surface area contributed by atoms with Gasteiger partial charge in [0.1, 0.15) is 5.82 Å². The van der Waals surface area contributed by atoms with Gasteiger partial charge in [0.15, 0.2) is 0 Å². The number of pyridine rings is 1. The Morgan fingerprint density at radius 3 is 1.14 bits per heavy atom. The third kappa shape index (κ3) is 27.1. The molecule has 57 heavy (non-hydrogen) atoms. The minimum atomic E-state index is 0. The second-order valence-corrected chi connectivity index (χ2v) is 17.3. The van der Waals surface area contributed by atoms with Crippen LogP contribution in [0, 0.1) is 0 Å². The van der Waals surface area contributed by atoms with Crippen molar-refractivity contribution in [1.82, 2.24) is 44.5 Å². The molecule has 0 aliphatic carbocycles. The molecule has 0 amide bonds. The van der Waals surface area contributed by atoms with Gasteiger partial charge in [0.05, 0.1) is 11.4 Å². The van der Waals surface area contributed by atoms with E-state index in [0.717, 1.165) is 22.9 Å². The Hall–Kier alpha value is -4.27. The Labute approximate surface area is 352 Å².